The topological polar surface area (TPSA) is 22.0 Å². The molecule has 0 atom stereocenters. The van der Waals surface area contributed by atoms with Crippen molar-refractivity contribution >= 4 is 0 Å². The maximum atomic E-state index is 12.0. The summed E-state index contributed by atoms with van der Waals surface area (Å²) in [6.45, 7) is -1.10. The van der Waals surface area contributed by atoms with Gasteiger partial charge in [-0.25, -0.2) is 0 Å². The molecule has 4 heteroatoms. The zero-order valence-corrected chi connectivity index (χ0v) is 5.92. The predicted molar refractivity (Wildman–Crippen MR) is 36.7 cm³/mol. The second-order valence-corrected chi connectivity index (χ2v) is 2.23. The van der Waals surface area contributed by atoms with E-state index >= 15 is 0 Å². The highest BCUT2D eigenvalue weighted by Gasteiger charge is 2.05. The molecule has 0 amide bonds. The summed E-state index contributed by atoms with van der Waals surface area (Å²) in [5.74, 6) is 0. The first-order valence-electron chi connectivity index (χ1n) is 3.08. The van der Waals surface area contributed by atoms with Gasteiger partial charge in [-0.15, -0.1) is 0 Å². The average Bonchev–Trinajstić information content (AvgIpc) is 1.94. The Bertz CT molecular complexity index is 306. The summed E-state index contributed by atoms with van der Waals surface area (Å²) in [5.41, 5.74) is -0.0319. The molecule has 1 aromatic heterocycles. The summed E-state index contributed by atoms with van der Waals surface area (Å²) in [4.78, 5) is 10.7. The Labute approximate surface area is 62.1 Å². The van der Waals surface area contributed by atoms with Gasteiger partial charge < -0.3 is 0 Å². The monoisotopic (exact) mass is 159 g/mol. The molecule has 0 aromatic carbocycles. The Morgan fingerprint density at radius 1 is 1.45 bits per heavy atom. The minimum atomic E-state index is -2.75. The van der Waals surface area contributed by atoms with Crippen LogP contribution in [0.4, 0.5) is 8.78 Å². The quantitative estimate of drug-likeness (QED) is 0.609. The van der Waals surface area contributed by atoms with Crippen molar-refractivity contribution in [3.05, 3.63) is 34.2 Å². The molecule has 1 rings (SSSR count). The number of hydrogen-bond donors (Lipinski definition) is 0. The molecule has 1 heterocycles. The minimum absolute atomic E-state index is 0.398. The lowest BCUT2D eigenvalue weighted by Gasteiger charge is -2.02. The van der Waals surface area contributed by atoms with Crippen molar-refractivity contribution in [2.45, 2.75) is 13.5 Å². The van der Waals surface area contributed by atoms with Gasteiger partial charge in [0.05, 0.1) is 0 Å². The summed E-state index contributed by atoms with van der Waals surface area (Å²) in [5, 5.41) is 0. The van der Waals surface area contributed by atoms with E-state index in [1.807, 2.05) is 0 Å². The summed E-state index contributed by atoms with van der Waals surface area (Å²) in [7, 11) is 0. The molecule has 0 fully saturated rings. The van der Waals surface area contributed by atoms with E-state index in [-0.39, 0.29) is 0 Å². The maximum absolute atomic E-state index is 12.0. The Hall–Kier alpha value is -1.19. The molecule has 2 nitrogen and oxygen atoms in total. The van der Waals surface area contributed by atoms with E-state index in [1.54, 1.807) is 6.92 Å². The largest absolute Gasteiger partial charge is 0.321 e. The van der Waals surface area contributed by atoms with Gasteiger partial charge >= 0.3 is 6.55 Å². The van der Waals surface area contributed by atoms with Crippen LogP contribution in [-0.2, 0) is 0 Å². The molecule has 0 aliphatic carbocycles. The Balaban J connectivity index is 3.24. The standard InChI is InChI=1S/C7H7F2NO/c1-5-2-3-6(11)10(4-5)7(8)9/h2-4,7H,1H3. The highest BCUT2D eigenvalue weighted by Crippen LogP contribution is 2.06. The van der Waals surface area contributed by atoms with Gasteiger partial charge in [0.25, 0.3) is 5.56 Å². The van der Waals surface area contributed by atoms with Crippen LogP contribution >= 0.6 is 0 Å². The second-order valence-electron chi connectivity index (χ2n) is 2.23. The van der Waals surface area contributed by atoms with Gasteiger partial charge in [-0.1, -0.05) is 6.07 Å². The van der Waals surface area contributed by atoms with E-state index in [0.717, 1.165) is 12.3 Å². The first-order valence-corrected chi connectivity index (χ1v) is 3.08. The molecule has 60 valence electrons. The van der Waals surface area contributed by atoms with E-state index in [1.165, 1.54) is 6.07 Å². The van der Waals surface area contributed by atoms with Crippen molar-refractivity contribution in [3.8, 4) is 0 Å². The van der Waals surface area contributed by atoms with E-state index in [2.05, 4.69) is 0 Å². The molecule has 0 N–H and O–H groups in total. The highest BCUT2D eigenvalue weighted by molar-refractivity contribution is 5.07. The molecule has 0 spiro atoms. The molecule has 0 saturated heterocycles. The van der Waals surface area contributed by atoms with Crippen molar-refractivity contribution in [2.24, 2.45) is 0 Å². The smallest absolute Gasteiger partial charge is 0.269 e. The lowest BCUT2D eigenvalue weighted by Crippen LogP contribution is -2.18. The van der Waals surface area contributed by atoms with E-state index < -0.39 is 12.1 Å². The van der Waals surface area contributed by atoms with Gasteiger partial charge in [-0.3, -0.25) is 9.36 Å². The zero-order chi connectivity index (χ0) is 8.43. The fourth-order valence-corrected chi connectivity index (χ4v) is 0.767. The predicted octanol–water partition coefficient (Wildman–Crippen LogP) is 1.55. The highest BCUT2D eigenvalue weighted by atomic mass is 19.3. The number of nitrogens with zero attached hydrogens (tertiary/aromatic N) is 1. The van der Waals surface area contributed by atoms with E-state index in [0.29, 0.717) is 10.1 Å². The zero-order valence-electron chi connectivity index (χ0n) is 5.92. The van der Waals surface area contributed by atoms with Gasteiger partial charge in [0, 0.05) is 12.3 Å². The molecule has 11 heavy (non-hydrogen) atoms. The van der Waals surface area contributed by atoms with Crippen LogP contribution in [0.1, 0.15) is 12.1 Å². The third kappa shape index (κ3) is 1.63. The SMILES string of the molecule is Cc1ccc(=O)n(C(F)F)c1. The Morgan fingerprint density at radius 3 is 2.55 bits per heavy atom. The van der Waals surface area contributed by atoms with Gasteiger partial charge in [-0.2, -0.15) is 8.78 Å². The van der Waals surface area contributed by atoms with Crippen molar-refractivity contribution in [1.82, 2.24) is 4.57 Å². The molecule has 0 unspecified atom stereocenters. The number of alkyl halides is 2. The molecule has 0 saturated carbocycles. The maximum Gasteiger partial charge on any atom is 0.321 e. The lowest BCUT2D eigenvalue weighted by atomic mass is 10.3. The van der Waals surface area contributed by atoms with Crippen LogP contribution in [-0.4, -0.2) is 4.57 Å². The third-order valence-electron chi connectivity index (χ3n) is 1.30. The van der Waals surface area contributed by atoms with E-state index in [4.69, 9.17) is 0 Å². The normalized spacial score (nSPS) is 10.5. The van der Waals surface area contributed by atoms with Crippen LogP contribution in [0, 0.1) is 6.92 Å². The summed E-state index contributed by atoms with van der Waals surface area (Å²) >= 11 is 0. The number of aromatic nitrogens is 1. The van der Waals surface area contributed by atoms with Crippen molar-refractivity contribution in [2.75, 3.05) is 0 Å². The van der Waals surface area contributed by atoms with Gasteiger partial charge in [0.1, 0.15) is 0 Å². The van der Waals surface area contributed by atoms with Crippen LogP contribution in [0.3, 0.4) is 0 Å². The number of aryl methyl sites for hydroxylation is 1. The van der Waals surface area contributed by atoms with Crippen LogP contribution in [0.5, 0.6) is 0 Å². The fraction of sp³-hybridized carbons (Fsp3) is 0.286. The van der Waals surface area contributed by atoms with Crippen LogP contribution in [0.25, 0.3) is 0 Å². The molecule has 0 radical (unpaired) electrons. The average molecular weight is 159 g/mol. The first-order chi connectivity index (χ1) is 5.11. The van der Waals surface area contributed by atoms with Crippen molar-refractivity contribution in [3.63, 3.8) is 0 Å². The number of pyridine rings is 1. The number of rotatable bonds is 1. The Morgan fingerprint density at radius 2 is 2.09 bits per heavy atom. The van der Waals surface area contributed by atoms with Crippen LogP contribution in [0.2, 0.25) is 0 Å². The van der Waals surface area contributed by atoms with Gasteiger partial charge in [0.15, 0.2) is 0 Å². The molecule has 0 aliphatic rings. The van der Waals surface area contributed by atoms with Crippen molar-refractivity contribution < 1.29 is 8.78 Å². The van der Waals surface area contributed by atoms with Crippen LogP contribution in [0.15, 0.2) is 23.1 Å². The van der Waals surface area contributed by atoms with Crippen molar-refractivity contribution in [1.29, 1.82) is 0 Å². The molecule has 0 aliphatic heterocycles. The van der Waals surface area contributed by atoms with E-state index in [9.17, 15) is 13.6 Å². The fourth-order valence-electron chi connectivity index (χ4n) is 0.767. The van der Waals surface area contributed by atoms with Crippen LogP contribution < -0.4 is 5.56 Å². The lowest BCUT2D eigenvalue weighted by molar-refractivity contribution is 0.0661. The summed E-state index contributed by atoms with van der Waals surface area (Å²) in [6.07, 6.45) is 1.13. The van der Waals surface area contributed by atoms with Gasteiger partial charge in [-0.05, 0) is 12.5 Å². The summed E-state index contributed by atoms with van der Waals surface area (Å²) < 4.78 is 24.3. The molecular formula is C7H7F2NO. The second kappa shape index (κ2) is 2.82. The molecule has 1 aromatic rings. The Kier molecular flexibility index (Phi) is 2.03. The molecular weight excluding hydrogens is 152 g/mol. The number of halogens is 2. The third-order valence-corrected chi connectivity index (χ3v) is 1.30. The minimum Gasteiger partial charge on any atom is -0.269 e. The number of hydrogen-bond acceptors (Lipinski definition) is 1. The van der Waals surface area contributed by atoms with Gasteiger partial charge in [0.2, 0.25) is 0 Å². The molecule has 0 bridgehead atoms. The summed E-state index contributed by atoms with van der Waals surface area (Å²) in [6, 6.07) is 2.63. The first kappa shape index (κ1) is 7.91.